The number of H-pyrrole nitrogens is 1. The molecule has 0 aromatic carbocycles. The second-order valence-corrected chi connectivity index (χ2v) is 17.2. The number of aliphatic imine (C=N–C) groups is 1. The van der Waals surface area contributed by atoms with Crippen LogP contribution in [0.4, 0.5) is 0 Å². The van der Waals surface area contributed by atoms with Crippen LogP contribution in [0.5, 0.6) is 0 Å². The Morgan fingerprint density at radius 2 is 1.54 bits per heavy atom. The maximum absolute atomic E-state index is 13.6. The number of aliphatic carboxylic acids is 1. The second-order valence-electron chi connectivity index (χ2n) is 17.2. The van der Waals surface area contributed by atoms with Gasteiger partial charge in [0.25, 0.3) is 5.56 Å². The van der Waals surface area contributed by atoms with Crippen molar-refractivity contribution in [2.45, 2.75) is 189 Å². The molecule has 13 atom stereocenters. The number of carbonyl (C=O) groups excluding carboxylic acids is 2. The Morgan fingerprint density at radius 1 is 0.892 bits per heavy atom. The predicted octanol–water partition coefficient (Wildman–Crippen LogP) is -2.53. The van der Waals surface area contributed by atoms with Crippen molar-refractivity contribution in [3.05, 3.63) is 33.1 Å². The Bertz CT molecular complexity index is 1770. The van der Waals surface area contributed by atoms with Crippen LogP contribution in [0.15, 0.2) is 26.8 Å². The number of unbranched alkanes of at least 4 members (excludes halogenated alkanes) is 12. The Hall–Kier alpha value is -4.04. The van der Waals surface area contributed by atoms with Crippen LogP contribution in [0.1, 0.15) is 116 Å². The Balaban J connectivity index is 1.36. The third-order valence-corrected chi connectivity index (χ3v) is 12.2. The van der Waals surface area contributed by atoms with Gasteiger partial charge >= 0.3 is 11.7 Å². The van der Waals surface area contributed by atoms with Crippen LogP contribution in [0.25, 0.3) is 0 Å². The van der Waals surface area contributed by atoms with Gasteiger partial charge in [-0.3, -0.25) is 28.7 Å². The van der Waals surface area contributed by atoms with E-state index in [1.807, 2.05) is 4.98 Å². The van der Waals surface area contributed by atoms with E-state index in [2.05, 4.69) is 33.2 Å². The molecule has 1 aromatic rings. The number of ether oxygens (including phenoxy) is 3. The molecule has 23 nitrogen and oxygen atoms in total. The fourth-order valence-corrected chi connectivity index (χ4v) is 8.34. The summed E-state index contributed by atoms with van der Waals surface area (Å²) in [4.78, 5) is 70.2. The molecule has 3 aliphatic heterocycles. The maximum Gasteiger partial charge on any atom is 0.330 e. The van der Waals surface area contributed by atoms with Gasteiger partial charge < -0.3 is 78.2 Å². The maximum atomic E-state index is 13.6. The topological polar surface area (TPSA) is 373 Å². The molecule has 0 spiro atoms. The normalized spacial score (nSPS) is 27.3. The van der Waals surface area contributed by atoms with Gasteiger partial charge in [0.1, 0.15) is 60.9 Å². The quantitative estimate of drug-likeness (QED) is 0.0354. The molecule has 2 saturated heterocycles. The molecule has 1 aromatic heterocycles. The number of amides is 2. The minimum absolute atomic E-state index is 0.0309. The number of aromatic nitrogens is 2. The van der Waals surface area contributed by atoms with Gasteiger partial charge in [0.05, 0.1) is 6.04 Å². The van der Waals surface area contributed by atoms with Crippen LogP contribution in [0.2, 0.25) is 0 Å². The molecule has 0 unspecified atom stereocenters. The standard InChI is InChI=1S/C42H74N10O13/c1-2-3-4-5-6-7-8-9-10-11-12-13-14-16-25(49-37(59)28(44)24-17-21-48-41(45)50-24)36(58)47-20-15-19-46-29(39(60)61)34(65-40-33(57)30(54)26(23-43)63-40)35-31(55)32(56)38(64-35)52-22-18-27(53)51-42(52)62/h18,22,24-26,28-35,38,40,46,54-57H,2-17,19-21,23,43-44H2,1H3,(H,47,58)(H,49,59)(H,60,61)(H3,45,48,50)(H,51,53,62)/t24-,25-,26+,28-,29-,30+,31-,32+,33+,34-,35-,38+,40-/m0/s1. The summed E-state index contributed by atoms with van der Waals surface area (Å²) in [6, 6.07) is -3.28. The first-order valence-electron chi connectivity index (χ1n) is 23.3. The van der Waals surface area contributed by atoms with Crippen LogP contribution < -0.4 is 49.7 Å². The Labute approximate surface area is 378 Å². The summed E-state index contributed by atoms with van der Waals surface area (Å²) in [5.41, 5.74) is 16.0. The van der Waals surface area contributed by atoms with E-state index in [9.17, 15) is 49.5 Å². The second kappa shape index (κ2) is 27.6. The van der Waals surface area contributed by atoms with Gasteiger partial charge in [-0.2, -0.15) is 0 Å². The van der Waals surface area contributed by atoms with E-state index in [0.717, 1.165) is 42.5 Å². The Morgan fingerprint density at radius 3 is 2.12 bits per heavy atom. The summed E-state index contributed by atoms with van der Waals surface area (Å²) in [7, 11) is 0. The van der Waals surface area contributed by atoms with Crippen molar-refractivity contribution in [2.75, 3.05) is 26.2 Å². The average Bonchev–Trinajstić information content (AvgIpc) is 3.72. The molecule has 370 valence electrons. The van der Waals surface area contributed by atoms with E-state index >= 15 is 0 Å². The third kappa shape index (κ3) is 16.1. The molecule has 0 radical (unpaired) electrons. The minimum Gasteiger partial charge on any atom is -0.480 e. The molecule has 0 aliphatic carbocycles. The molecule has 0 bridgehead atoms. The van der Waals surface area contributed by atoms with E-state index in [1.165, 1.54) is 51.4 Å². The summed E-state index contributed by atoms with van der Waals surface area (Å²) in [6.07, 6.45) is 2.18. The van der Waals surface area contributed by atoms with Gasteiger partial charge in [-0.05, 0) is 25.8 Å². The van der Waals surface area contributed by atoms with E-state index in [1.54, 1.807) is 0 Å². The number of carboxylic acids is 1. The van der Waals surface area contributed by atoms with Crippen molar-refractivity contribution in [2.24, 2.45) is 22.2 Å². The number of hydrogen-bond acceptors (Lipinski definition) is 18. The van der Waals surface area contributed by atoms with E-state index in [4.69, 9.17) is 31.4 Å². The number of carboxylic acid groups (broad SMARTS) is 1. The Kier molecular flexibility index (Phi) is 22.7. The third-order valence-electron chi connectivity index (χ3n) is 12.2. The lowest BCUT2D eigenvalue weighted by Gasteiger charge is -2.33. The number of aromatic amines is 1. The van der Waals surface area contributed by atoms with E-state index < -0.39 is 108 Å². The lowest BCUT2D eigenvalue weighted by atomic mass is 9.98. The fourth-order valence-electron chi connectivity index (χ4n) is 8.34. The summed E-state index contributed by atoms with van der Waals surface area (Å²) in [6.45, 7) is 2.43. The number of nitrogens with two attached hydrogens (primary N) is 3. The fraction of sp³-hybridized carbons (Fsp3) is 0.810. The van der Waals surface area contributed by atoms with Crippen molar-refractivity contribution >= 4 is 23.7 Å². The molecule has 4 heterocycles. The number of nitrogens with one attached hydrogen (secondary N) is 5. The highest BCUT2D eigenvalue weighted by atomic mass is 16.7. The molecule has 2 fully saturated rings. The number of carbonyl (C=O) groups is 3. The first-order valence-corrected chi connectivity index (χ1v) is 23.3. The van der Waals surface area contributed by atoms with Crippen molar-refractivity contribution in [3.8, 4) is 0 Å². The molecular weight excluding hydrogens is 853 g/mol. The summed E-state index contributed by atoms with van der Waals surface area (Å²) >= 11 is 0. The summed E-state index contributed by atoms with van der Waals surface area (Å²) in [5, 5.41) is 65.0. The molecule has 16 N–H and O–H groups in total. The summed E-state index contributed by atoms with van der Waals surface area (Å²) < 4.78 is 18.1. The zero-order valence-electron chi connectivity index (χ0n) is 37.4. The zero-order chi connectivity index (χ0) is 47.5. The van der Waals surface area contributed by atoms with E-state index in [0.29, 0.717) is 25.8 Å². The summed E-state index contributed by atoms with van der Waals surface area (Å²) in [5.74, 6) is -2.35. The van der Waals surface area contributed by atoms with Gasteiger partial charge in [-0.25, -0.2) is 9.79 Å². The van der Waals surface area contributed by atoms with Gasteiger partial charge in [0, 0.05) is 31.9 Å². The highest BCUT2D eigenvalue weighted by molar-refractivity contribution is 5.90. The molecule has 3 aliphatic rings. The molecule has 65 heavy (non-hydrogen) atoms. The number of aliphatic hydroxyl groups is 4. The minimum atomic E-state index is -1.88. The van der Waals surface area contributed by atoms with Crippen LogP contribution in [0, 0.1) is 0 Å². The molecule has 2 amide bonds. The first kappa shape index (κ1) is 53.6. The van der Waals surface area contributed by atoms with Crippen molar-refractivity contribution in [3.63, 3.8) is 0 Å². The predicted molar refractivity (Wildman–Crippen MR) is 237 cm³/mol. The van der Waals surface area contributed by atoms with E-state index in [-0.39, 0.29) is 32.0 Å². The lowest BCUT2D eigenvalue weighted by Crippen LogP contribution is -2.57. The molecular formula is C42H74N10O13. The SMILES string of the molecule is CCCCCCCCCCCCCCC[C@H](NC(=O)[C@@H](N)[C@@H]1CCNC(N)=N1)C(=O)NCCCN[C@H](C(=O)O)[C@H](O[C@@H]1O[C@H](CN)[C@@H](O)[C@H]1O)[C@H]1O[C@@H](n2ccc(=O)[nH]c2=O)[C@H](O)[C@@H]1O. The lowest BCUT2D eigenvalue weighted by molar-refractivity contribution is -0.228. The smallest absolute Gasteiger partial charge is 0.330 e. The van der Waals surface area contributed by atoms with Crippen LogP contribution in [-0.2, 0) is 28.6 Å². The average molecular weight is 927 g/mol. The number of aliphatic hydroxyl groups excluding tert-OH is 4. The first-order chi connectivity index (χ1) is 31.2. The highest BCUT2D eigenvalue weighted by Crippen LogP contribution is 2.34. The number of nitrogens with zero attached hydrogens (tertiary/aromatic N) is 2. The molecule has 0 saturated carbocycles. The van der Waals surface area contributed by atoms with Gasteiger partial charge in [-0.1, -0.05) is 90.4 Å². The molecule has 23 heteroatoms. The number of rotatable bonds is 30. The van der Waals surface area contributed by atoms with Crippen molar-refractivity contribution in [1.82, 2.24) is 30.8 Å². The number of hydrogen-bond donors (Lipinski definition) is 13. The largest absolute Gasteiger partial charge is 0.480 e. The van der Waals surface area contributed by atoms with Gasteiger partial charge in [0.15, 0.2) is 18.5 Å². The highest BCUT2D eigenvalue weighted by Gasteiger charge is 2.54. The number of guanidine groups is 1. The monoisotopic (exact) mass is 927 g/mol. The van der Waals surface area contributed by atoms with Crippen LogP contribution in [-0.4, -0.2) is 158 Å². The van der Waals surface area contributed by atoms with Gasteiger partial charge in [0.2, 0.25) is 11.8 Å². The zero-order valence-corrected chi connectivity index (χ0v) is 37.4. The van der Waals surface area contributed by atoms with Crippen molar-refractivity contribution < 1.29 is 54.1 Å². The molecule has 4 rings (SSSR count). The van der Waals surface area contributed by atoms with Crippen molar-refractivity contribution in [1.29, 1.82) is 0 Å². The van der Waals surface area contributed by atoms with Crippen LogP contribution in [0.3, 0.4) is 0 Å². The van der Waals surface area contributed by atoms with Crippen LogP contribution >= 0.6 is 0 Å². The van der Waals surface area contributed by atoms with Gasteiger partial charge in [-0.15, -0.1) is 0 Å².